The molecule has 0 unspecified atom stereocenters. The van der Waals surface area contributed by atoms with E-state index in [9.17, 15) is 36.0 Å². The molecule has 0 radical (unpaired) electrons. The molecule has 0 amide bonds. The van der Waals surface area contributed by atoms with Crippen LogP contribution in [0.3, 0.4) is 0 Å². The van der Waals surface area contributed by atoms with E-state index in [-0.39, 0.29) is 41.6 Å². The average Bonchev–Trinajstić information content (AvgIpc) is 1.47. The highest BCUT2D eigenvalue weighted by molar-refractivity contribution is 7.95. The van der Waals surface area contributed by atoms with Gasteiger partial charge in [0, 0.05) is 127 Å². The van der Waals surface area contributed by atoms with Gasteiger partial charge in [-0.15, -0.1) is 17.3 Å². The lowest BCUT2D eigenvalue weighted by atomic mass is 9.86. The number of pyridine rings is 4. The lowest BCUT2D eigenvalue weighted by Gasteiger charge is -2.15. The lowest BCUT2D eigenvalue weighted by molar-refractivity contribution is -0.432. The molecule has 0 spiro atoms. The summed E-state index contributed by atoms with van der Waals surface area (Å²) in [5, 5.41) is 61.8. The molecule has 30 nitrogen and oxygen atoms in total. The summed E-state index contributed by atoms with van der Waals surface area (Å²) in [6.07, 6.45) is 0. The van der Waals surface area contributed by atoms with Crippen LogP contribution in [0, 0.1) is 0 Å². The molecule has 0 aliphatic carbocycles. The first kappa shape index (κ1) is 60.8. The van der Waals surface area contributed by atoms with Crippen molar-refractivity contribution in [3.05, 3.63) is 163 Å². The number of nitrogens with zero attached hydrogens (tertiary/aromatic N) is 8. The molecule has 14 aromatic carbocycles. The Labute approximate surface area is 605 Å². The van der Waals surface area contributed by atoms with E-state index in [0.717, 1.165) is 48.2 Å². The van der Waals surface area contributed by atoms with Gasteiger partial charge in [-0.25, -0.2) is 57.8 Å². The smallest absolute Gasteiger partial charge is 0.264 e. The van der Waals surface area contributed by atoms with E-state index >= 15 is 0 Å². The van der Waals surface area contributed by atoms with E-state index in [2.05, 4.69) is 37.5 Å². The standard InChI is InChI=1S/2C36H12N4O11S3/c41-35-15-7-21-27-28-22(47-21)8-16-26-14(34-38-18-4-2-12(53-51-49-44)6-20(18)40(34)36(16)42)10-24-30(32(26)28)29-23(54(24,45)46)9-13(25(15)31(27)29)33-37-17-3-1-11(52-50-48-43)5-19(17)39(33)35;41-35-15-9-23-29-30-24(54(23,45)46)10-16-26-14(34-38-18-4-2-12(53-51-49-44)6-20(18)40(34)36(16)42)8-22-28(32(26)30)27-21(47-22)7-13(25(15)31(27)29)33-37-17-3-1-11(52-50-48-43)5-19(17)39(33)35/h2*1-10,43-44H. The largest absolute Gasteiger partial charge is 0.456 e. The highest BCUT2D eigenvalue weighted by Crippen LogP contribution is 2.60. The van der Waals surface area contributed by atoms with Crippen LogP contribution in [0.4, 0.5) is 0 Å². The van der Waals surface area contributed by atoms with Gasteiger partial charge >= 0.3 is 0 Å². The van der Waals surface area contributed by atoms with Gasteiger partial charge in [-0.2, -0.15) is 0 Å². The van der Waals surface area contributed by atoms with Gasteiger partial charge in [0.15, 0.2) is 0 Å². The van der Waals surface area contributed by atoms with Gasteiger partial charge in [-0.1, -0.05) is 20.2 Å². The Morgan fingerprint density at radius 3 is 0.778 bits per heavy atom. The minimum absolute atomic E-state index is 0.0316. The van der Waals surface area contributed by atoms with Crippen molar-refractivity contribution in [2.75, 3.05) is 0 Å². The first-order chi connectivity index (χ1) is 52.6. The summed E-state index contributed by atoms with van der Waals surface area (Å²) >= 11 is 2.93. The number of fused-ring (bicyclic) bond motifs is 16. The Bertz CT molecular complexity index is 8390. The Balaban J connectivity index is 0.000000124. The molecule has 0 saturated carbocycles. The second kappa shape index (κ2) is 20.1. The van der Waals surface area contributed by atoms with Crippen molar-refractivity contribution in [1.29, 1.82) is 0 Å². The van der Waals surface area contributed by atoms with Gasteiger partial charge in [0.05, 0.1) is 133 Å². The average molecular weight is 1550 g/mol. The van der Waals surface area contributed by atoms with E-state index in [1.807, 2.05) is 12.1 Å². The van der Waals surface area contributed by atoms with Gasteiger partial charge in [0.2, 0.25) is 19.7 Å². The normalized spacial score (nSPS) is 14.6. The zero-order valence-corrected chi connectivity index (χ0v) is 57.6. The fraction of sp³-hybridized carbons (Fsp3) is 0. The third-order valence-electron chi connectivity index (χ3n) is 21.8. The Kier molecular flexibility index (Phi) is 11.3. The quantitative estimate of drug-likeness (QED) is 0.0290. The van der Waals surface area contributed by atoms with Crippen molar-refractivity contribution in [1.82, 2.24) is 37.5 Å². The van der Waals surface area contributed by atoms with E-state index in [0.29, 0.717) is 216 Å². The molecule has 2 aliphatic heterocycles. The minimum Gasteiger partial charge on any atom is -0.456 e. The maximum absolute atomic E-state index is 14.9. The highest BCUT2D eigenvalue weighted by Gasteiger charge is 2.42. The molecule has 0 fully saturated rings. The molecular weight excluding hydrogens is 1520 g/mol. The topological polar surface area (TPSA) is 387 Å². The van der Waals surface area contributed by atoms with Gasteiger partial charge in [0.1, 0.15) is 44.9 Å². The number of benzene rings is 14. The number of rotatable bonds is 12. The molecule has 4 N–H and O–H groups in total. The van der Waals surface area contributed by atoms with E-state index in [4.69, 9.17) is 49.8 Å². The molecule has 36 heteroatoms. The first-order valence-electron chi connectivity index (χ1n) is 32.0. The fourth-order valence-electron chi connectivity index (χ4n) is 18.0. The molecule has 108 heavy (non-hydrogen) atoms. The SMILES string of the molecule is O=c1c2cc3c4c5c(cc6c(=O)n7c8cc(SOOO)ccc8nc7c7cc8oc9cc(c2c4c9c8c5c67)c2nc4ccc(SOOO)cc4n12)S3(=O)=O.O=c1c2cc3oc4cc5c(=O)n6c7cc(SOOO)ccc7nc6c6cc7c8c9c(cc(c2c9c3c4c8c56)c2nc3ccc(SOOO)cc3n12)S7(=O)=O. The number of hydrogen-bond donors (Lipinski definition) is 4. The predicted molar refractivity (Wildman–Crippen MR) is 396 cm³/mol. The number of sulfone groups is 2. The summed E-state index contributed by atoms with van der Waals surface area (Å²) in [4.78, 5) is 79.7. The van der Waals surface area contributed by atoms with Crippen molar-refractivity contribution in [2.45, 2.75) is 39.2 Å². The monoisotopic (exact) mass is 1540 g/mol. The molecule has 12 heterocycles. The molecule has 26 rings (SSSR count). The van der Waals surface area contributed by atoms with Gasteiger partial charge < -0.3 is 8.83 Å². The van der Waals surface area contributed by atoms with Gasteiger partial charge in [-0.05, 0) is 121 Å². The minimum atomic E-state index is -4.26. The number of furan rings is 2. The summed E-state index contributed by atoms with van der Waals surface area (Å²) in [6.45, 7) is 0. The van der Waals surface area contributed by atoms with Crippen molar-refractivity contribution in [3.8, 4) is 0 Å². The van der Waals surface area contributed by atoms with E-state index in [1.54, 1.807) is 97.1 Å². The zero-order valence-electron chi connectivity index (χ0n) is 52.7. The van der Waals surface area contributed by atoms with Crippen LogP contribution in [0.15, 0.2) is 189 Å². The summed E-state index contributed by atoms with van der Waals surface area (Å²) in [7, 11) is -8.44. The lowest BCUT2D eigenvalue weighted by Crippen LogP contribution is -2.14. The van der Waals surface area contributed by atoms with Crippen LogP contribution >= 0.6 is 48.2 Å². The van der Waals surface area contributed by atoms with Crippen LogP contribution in [-0.4, -0.2) is 75.4 Å². The number of imidazole rings is 4. The molecule has 24 aromatic rings. The third kappa shape index (κ3) is 6.99. The number of hydrogen-bond acceptors (Lipinski definition) is 30. The molecule has 520 valence electrons. The summed E-state index contributed by atoms with van der Waals surface area (Å²) in [6, 6.07) is 33.3. The molecule has 10 aromatic heterocycles. The highest BCUT2D eigenvalue weighted by atomic mass is 32.2. The fourth-order valence-corrected chi connectivity index (χ4v) is 23.1. The molecule has 0 saturated heterocycles. The van der Waals surface area contributed by atoms with Crippen LogP contribution in [0.25, 0.3) is 218 Å². The van der Waals surface area contributed by atoms with Crippen molar-refractivity contribution < 1.29 is 84.2 Å². The summed E-state index contributed by atoms with van der Waals surface area (Å²) in [5.41, 5.74) is 4.86. The second-order valence-electron chi connectivity index (χ2n) is 26.4. The van der Waals surface area contributed by atoms with Crippen LogP contribution in [0.5, 0.6) is 0 Å². The molecule has 2 aliphatic rings. The van der Waals surface area contributed by atoms with E-state index in [1.165, 1.54) is 29.7 Å². The van der Waals surface area contributed by atoms with Gasteiger partial charge in [0.25, 0.3) is 22.2 Å². The Morgan fingerprint density at radius 1 is 0.287 bits per heavy atom. The Morgan fingerprint density at radius 2 is 0.519 bits per heavy atom. The second-order valence-corrected chi connectivity index (χ2v) is 33.3. The Hall–Kier alpha value is -11.3. The maximum Gasteiger partial charge on any atom is 0.264 e. The van der Waals surface area contributed by atoms with Crippen LogP contribution < -0.4 is 22.2 Å². The van der Waals surface area contributed by atoms with Crippen LogP contribution in [-0.2, 0) is 57.2 Å². The van der Waals surface area contributed by atoms with Crippen molar-refractivity contribution >= 4 is 286 Å². The molecular formula is C72H24N8O22S6. The van der Waals surface area contributed by atoms with Crippen LogP contribution in [0.1, 0.15) is 0 Å². The molecule has 0 bridgehead atoms. The number of aromatic nitrogens is 8. The maximum atomic E-state index is 14.9. The van der Waals surface area contributed by atoms with Gasteiger partial charge in [-0.3, -0.25) is 36.8 Å². The summed E-state index contributed by atoms with van der Waals surface area (Å²) < 4.78 is 96.7. The predicted octanol–water partition coefficient (Wildman–Crippen LogP) is 14.9. The van der Waals surface area contributed by atoms with Crippen molar-refractivity contribution in [2.24, 2.45) is 0 Å². The van der Waals surface area contributed by atoms with Crippen LogP contribution in [0.2, 0.25) is 0 Å². The van der Waals surface area contributed by atoms with E-state index < -0.39 is 41.9 Å². The summed E-state index contributed by atoms with van der Waals surface area (Å²) in [5.74, 6) is 0. The molecule has 0 atom stereocenters. The van der Waals surface area contributed by atoms with Crippen molar-refractivity contribution in [3.63, 3.8) is 0 Å². The zero-order chi connectivity index (χ0) is 72.2. The first-order valence-corrected chi connectivity index (χ1v) is 38.0. The third-order valence-corrected chi connectivity index (χ3v) is 27.7.